The quantitative estimate of drug-likeness (QED) is 0.502. The van der Waals surface area contributed by atoms with Gasteiger partial charge in [0.15, 0.2) is 11.6 Å². The largest absolute Gasteiger partial charge is 0.484 e. The molecule has 7 nitrogen and oxygen atoms in total. The number of aromatic nitrogens is 2. The maximum atomic E-state index is 12.8. The van der Waals surface area contributed by atoms with E-state index in [4.69, 9.17) is 9.47 Å². The Labute approximate surface area is 175 Å². The molecule has 1 amide bonds. The van der Waals surface area contributed by atoms with Crippen molar-refractivity contribution in [3.8, 4) is 5.75 Å². The summed E-state index contributed by atoms with van der Waals surface area (Å²) in [6.45, 7) is 2.35. The zero-order valence-corrected chi connectivity index (χ0v) is 16.9. The number of imidazole rings is 1. The molecule has 0 aliphatic carbocycles. The van der Waals surface area contributed by atoms with Gasteiger partial charge in [-0.05, 0) is 35.9 Å². The molecule has 1 aliphatic heterocycles. The minimum absolute atomic E-state index is 0.00294. The van der Waals surface area contributed by atoms with E-state index >= 15 is 0 Å². The number of rotatable bonds is 4. The molecule has 8 heteroatoms. The summed E-state index contributed by atoms with van der Waals surface area (Å²) in [5, 5.41) is 0. The van der Waals surface area contributed by atoms with Crippen LogP contribution in [0.4, 0.5) is 0 Å². The first kappa shape index (κ1) is 18.8. The summed E-state index contributed by atoms with van der Waals surface area (Å²) < 4.78 is 13.1. The molecular formula is C22H19N3O4S. The van der Waals surface area contributed by atoms with Crippen LogP contribution >= 0.6 is 11.3 Å². The van der Waals surface area contributed by atoms with Crippen molar-refractivity contribution in [1.82, 2.24) is 14.3 Å². The molecule has 0 N–H and O–H groups in total. The Bertz CT molecular complexity index is 1320. The van der Waals surface area contributed by atoms with Crippen LogP contribution in [0.3, 0.4) is 0 Å². The summed E-state index contributed by atoms with van der Waals surface area (Å²) in [7, 11) is 0. The van der Waals surface area contributed by atoms with Crippen molar-refractivity contribution >= 4 is 39.3 Å². The Morgan fingerprint density at radius 1 is 1.13 bits per heavy atom. The molecule has 0 atom stereocenters. The minimum atomic E-state index is -0.0693. The zero-order valence-electron chi connectivity index (χ0n) is 16.1. The Balaban J connectivity index is 1.33. The topological polar surface area (TPSA) is 73.1 Å². The number of para-hydroxylation sites is 2. The van der Waals surface area contributed by atoms with E-state index in [9.17, 15) is 9.59 Å². The van der Waals surface area contributed by atoms with Gasteiger partial charge in [-0.1, -0.05) is 35.6 Å². The van der Waals surface area contributed by atoms with E-state index in [1.54, 1.807) is 21.4 Å². The molecule has 1 aliphatic rings. The number of ether oxygens (including phenoxy) is 2. The zero-order chi connectivity index (χ0) is 20.5. The molecule has 0 unspecified atom stereocenters. The fourth-order valence-electron chi connectivity index (χ4n) is 3.47. The molecule has 2 aromatic carbocycles. The summed E-state index contributed by atoms with van der Waals surface area (Å²) in [5.41, 5.74) is 2.45. The highest BCUT2D eigenvalue weighted by molar-refractivity contribution is 7.15. The number of morpholine rings is 1. The summed E-state index contributed by atoms with van der Waals surface area (Å²) in [6.07, 6.45) is 1.85. The van der Waals surface area contributed by atoms with E-state index < -0.39 is 0 Å². The van der Waals surface area contributed by atoms with Crippen LogP contribution in [0.5, 0.6) is 5.75 Å². The number of nitrogens with zero attached hydrogens (tertiary/aromatic N) is 3. The second kappa shape index (κ2) is 7.89. The third-order valence-electron chi connectivity index (χ3n) is 5.05. The third kappa shape index (κ3) is 3.55. The SMILES string of the molecule is O=C(COc1ccc(/C=c2\sc3nc4ccccc4n3c2=O)cc1)N1CCOCC1. The highest BCUT2D eigenvalue weighted by Gasteiger charge is 2.17. The number of carbonyl (C=O) groups excluding carboxylic acids is 1. The molecule has 30 heavy (non-hydrogen) atoms. The number of hydrogen-bond donors (Lipinski definition) is 0. The van der Waals surface area contributed by atoms with Crippen molar-refractivity contribution < 1.29 is 14.3 Å². The van der Waals surface area contributed by atoms with Crippen LogP contribution in [0, 0.1) is 0 Å². The third-order valence-corrected chi connectivity index (χ3v) is 6.02. The van der Waals surface area contributed by atoms with E-state index in [-0.39, 0.29) is 18.1 Å². The number of thiazole rings is 1. The van der Waals surface area contributed by atoms with Crippen LogP contribution in [0.25, 0.3) is 22.1 Å². The first-order valence-electron chi connectivity index (χ1n) is 9.69. The molecule has 0 spiro atoms. The molecule has 2 aromatic heterocycles. The lowest BCUT2D eigenvalue weighted by Crippen LogP contribution is -2.42. The molecule has 5 rings (SSSR count). The average Bonchev–Trinajstić information content (AvgIpc) is 3.30. The normalized spacial score (nSPS) is 15.2. The molecular weight excluding hydrogens is 402 g/mol. The Morgan fingerprint density at radius 2 is 1.90 bits per heavy atom. The second-order valence-corrected chi connectivity index (χ2v) is 7.99. The summed E-state index contributed by atoms with van der Waals surface area (Å²) in [5.74, 6) is 0.571. The van der Waals surface area contributed by atoms with Gasteiger partial charge in [-0.2, -0.15) is 0 Å². The Morgan fingerprint density at radius 3 is 2.70 bits per heavy atom. The van der Waals surface area contributed by atoms with Crippen LogP contribution in [0.2, 0.25) is 0 Å². The van der Waals surface area contributed by atoms with Gasteiger partial charge in [-0.3, -0.25) is 9.59 Å². The molecule has 4 aromatic rings. The molecule has 0 saturated carbocycles. The average molecular weight is 421 g/mol. The van der Waals surface area contributed by atoms with Gasteiger partial charge in [0.05, 0.1) is 28.8 Å². The molecule has 1 fully saturated rings. The van der Waals surface area contributed by atoms with Crippen LogP contribution < -0.4 is 14.8 Å². The monoisotopic (exact) mass is 421 g/mol. The van der Waals surface area contributed by atoms with Crippen LogP contribution in [0.15, 0.2) is 53.3 Å². The lowest BCUT2D eigenvalue weighted by molar-refractivity contribution is -0.137. The highest BCUT2D eigenvalue weighted by atomic mass is 32.1. The van der Waals surface area contributed by atoms with Gasteiger partial charge in [0, 0.05) is 13.1 Å². The van der Waals surface area contributed by atoms with Crippen LogP contribution in [-0.2, 0) is 9.53 Å². The molecule has 152 valence electrons. The first-order chi connectivity index (χ1) is 14.7. The van der Waals surface area contributed by atoms with Crippen molar-refractivity contribution in [2.24, 2.45) is 0 Å². The minimum Gasteiger partial charge on any atom is -0.484 e. The second-order valence-electron chi connectivity index (χ2n) is 6.99. The predicted octanol–water partition coefficient (Wildman–Crippen LogP) is 1.69. The number of fused-ring (bicyclic) bond motifs is 3. The van der Waals surface area contributed by atoms with Gasteiger partial charge in [0.1, 0.15) is 5.75 Å². The number of hydrogen-bond acceptors (Lipinski definition) is 6. The van der Waals surface area contributed by atoms with E-state index in [0.29, 0.717) is 41.5 Å². The van der Waals surface area contributed by atoms with E-state index in [2.05, 4.69) is 4.98 Å². The highest BCUT2D eigenvalue weighted by Crippen LogP contribution is 2.16. The van der Waals surface area contributed by atoms with Crippen molar-refractivity contribution in [3.63, 3.8) is 0 Å². The van der Waals surface area contributed by atoms with Crippen molar-refractivity contribution in [2.45, 2.75) is 0 Å². The van der Waals surface area contributed by atoms with E-state index in [1.165, 1.54) is 11.3 Å². The smallest absolute Gasteiger partial charge is 0.274 e. The Hall–Kier alpha value is -3.23. The summed E-state index contributed by atoms with van der Waals surface area (Å²) >= 11 is 1.37. The molecule has 3 heterocycles. The van der Waals surface area contributed by atoms with Crippen LogP contribution in [-0.4, -0.2) is 53.1 Å². The van der Waals surface area contributed by atoms with Crippen molar-refractivity contribution in [1.29, 1.82) is 0 Å². The molecule has 0 bridgehead atoms. The summed E-state index contributed by atoms with van der Waals surface area (Å²) in [4.78, 5) is 32.0. The van der Waals surface area contributed by atoms with E-state index in [1.807, 2.05) is 42.5 Å². The lowest BCUT2D eigenvalue weighted by atomic mass is 10.2. The number of amides is 1. The van der Waals surface area contributed by atoms with Crippen molar-refractivity contribution in [3.05, 3.63) is 69.0 Å². The van der Waals surface area contributed by atoms with Gasteiger partial charge in [-0.25, -0.2) is 9.38 Å². The molecule has 1 saturated heterocycles. The van der Waals surface area contributed by atoms with Gasteiger partial charge < -0.3 is 14.4 Å². The number of carbonyl (C=O) groups is 1. The fourth-order valence-corrected chi connectivity index (χ4v) is 4.46. The standard InChI is InChI=1S/C22H19N3O4S/c26-20(24-9-11-28-12-10-24)14-29-16-7-5-15(6-8-16)13-19-21(27)25-18-4-2-1-3-17(18)23-22(25)30-19/h1-8,13H,9-12,14H2/b19-13-. The molecule has 0 radical (unpaired) electrons. The van der Waals surface area contributed by atoms with Gasteiger partial charge >= 0.3 is 0 Å². The maximum Gasteiger partial charge on any atom is 0.274 e. The van der Waals surface area contributed by atoms with Crippen LogP contribution in [0.1, 0.15) is 5.56 Å². The number of benzene rings is 2. The van der Waals surface area contributed by atoms with Crippen molar-refractivity contribution in [2.75, 3.05) is 32.9 Å². The van der Waals surface area contributed by atoms with Gasteiger partial charge in [0.2, 0.25) is 0 Å². The first-order valence-corrected chi connectivity index (χ1v) is 10.5. The predicted molar refractivity (Wildman–Crippen MR) is 115 cm³/mol. The van der Waals surface area contributed by atoms with Gasteiger partial charge in [0.25, 0.3) is 11.5 Å². The lowest BCUT2D eigenvalue weighted by Gasteiger charge is -2.26. The maximum absolute atomic E-state index is 12.8. The Kier molecular flexibility index (Phi) is 4.94. The van der Waals surface area contributed by atoms with E-state index in [0.717, 1.165) is 16.6 Å². The van der Waals surface area contributed by atoms with Gasteiger partial charge in [-0.15, -0.1) is 0 Å². The fraction of sp³-hybridized carbons (Fsp3) is 0.227. The summed E-state index contributed by atoms with van der Waals surface area (Å²) in [6, 6.07) is 15.0.